The lowest BCUT2D eigenvalue weighted by Crippen LogP contribution is -2.33. The van der Waals surface area contributed by atoms with Gasteiger partial charge in [0.15, 0.2) is 0 Å². The summed E-state index contributed by atoms with van der Waals surface area (Å²) >= 11 is 0. The second kappa shape index (κ2) is 7.06. The van der Waals surface area contributed by atoms with Crippen molar-refractivity contribution >= 4 is 17.6 Å². The van der Waals surface area contributed by atoms with Gasteiger partial charge in [0.1, 0.15) is 5.82 Å². The molecule has 0 fully saturated rings. The van der Waals surface area contributed by atoms with Gasteiger partial charge in [0.2, 0.25) is 5.91 Å². The SMILES string of the molecule is CNc1cc(C(=O)NCCNC(C)=O)cc(C(C)(C)C)n1. The fraction of sp³-hybridized carbons (Fsp3) is 0.533. The van der Waals surface area contributed by atoms with Crippen LogP contribution in [0.4, 0.5) is 5.82 Å². The Morgan fingerprint density at radius 2 is 1.76 bits per heavy atom. The highest BCUT2D eigenvalue weighted by Crippen LogP contribution is 2.23. The van der Waals surface area contributed by atoms with Crippen molar-refractivity contribution in [3.63, 3.8) is 0 Å². The molecule has 0 unspecified atom stereocenters. The predicted octanol–water partition coefficient (Wildman–Crippen LogP) is 1.29. The zero-order valence-electron chi connectivity index (χ0n) is 13.3. The van der Waals surface area contributed by atoms with Crippen LogP contribution in [0.2, 0.25) is 0 Å². The van der Waals surface area contributed by atoms with Crippen molar-refractivity contribution in [2.24, 2.45) is 0 Å². The van der Waals surface area contributed by atoms with Gasteiger partial charge < -0.3 is 16.0 Å². The Bertz CT molecular complexity index is 521. The van der Waals surface area contributed by atoms with Crippen LogP contribution in [0.1, 0.15) is 43.7 Å². The summed E-state index contributed by atoms with van der Waals surface area (Å²) in [5.74, 6) is 0.375. The van der Waals surface area contributed by atoms with Gasteiger partial charge >= 0.3 is 0 Å². The maximum atomic E-state index is 12.2. The van der Waals surface area contributed by atoms with Crippen LogP contribution in [0.5, 0.6) is 0 Å². The Kier molecular flexibility index (Phi) is 5.69. The first kappa shape index (κ1) is 16.9. The molecule has 1 heterocycles. The molecule has 0 saturated carbocycles. The molecular weight excluding hydrogens is 268 g/mol. The molecule has 0 bridgehead atoms. The fourth-order valence-electron chi connectivity index (χ4n) is 1.69. The van der Waals surface area contributed by atoms with Crippen molar-refractivity contribution < 1.29 is 9.59 Å². The van der Waals surface area contributed by atoms with Crippen molar-refractivity contribution in [2.45, 2.75) is 33.1 Å². The van der Waals surface area contributed by atoms with E-state index in [2.05, 4.69) is 20.9 Å². The van der Waals surface area contributed by atoms with Crippen LogP contribution in [0.3, 0.4) is 0 Å². The van der Waals surface area contributed by atoms with Crippen LogP contribution in [-0.2, 0) is 10.2 Å². The molecule has 21 heavy (non-hydrogen) atoms. The molecule has 6 nitrogen and oxygen atoms in total. The zero-order valence-corrected chi connectivity index (χ0v) is 13.3. The second-order valence-electron chi connectivity index (χ2n) is 5.87. The number of carbonyl (C=O) groups excluding carboxylic acids is 2. The van der Waals surface area contributed by atoms with E-state index in [0.29, 0.717) is 24.5 Å². The first-order chi connectivity index (χ1) is 9.74. The molecular formula is C15H24N4O2. The summed E-state index contributed by atoms with van der Waals surface area (Å²) in [6.07, 6.45) is 0. The lowest BCUT2D eigenvalue weighted by atomic mass is 9.90. The normalized spacial score (nSPS) is 10.9. The number of hydrogen-bond acceptors (Lipinski definition) is 4. The van der Waals surface area contributed by atoms with Gasteiger partial charge in [-0.1, -0.05) is 20.8 Å². The highest BCUT2D eigenvalue weighted by molar-refractivity contribution is 5.95. The topological polar surface area (TPSA) is 83.1 Å². The largest absolute Gasteiger partial charge is 0.373 e. The van der Waals surface area contributed by atoms with Crippen LogP contribution >= 0.6 is 0 Å². The van der Waals surface area contributed by atoms with E-state index >= 15 is 0 Å². The average Bonchev–Trinajstić information content (AvgIpc) is 2.41. The highest BCUT2D eigenvalue weighted by atomic mass is 16.2. The van der Waals surface area contributed by atoms with Gasteiger partial charge in [0.25, 0.3) is 5.91 Å². The van der Waals surface area contributed by atoms with Crippen LogP contribution in [0.25, 0.3) is 0 Å². The Labute approximate surface area is 125 Å². The number of rotatable bonds is 5. The molecule has 0 aliphatic carbocycles. The summed E-state index contributed by atoms with van der Waals surface area (Å²) in [5.41, 5.74) is 1.27. The molecule has 116 valence electrons. The number of carbonyl (C=O) groups is 2. The van der Waals surface area contributed by atoms with E-state index in [9.17, 15) is 9.59 Å². The van der Waals surface area contributed by atoms with E-state index in [0.717, 1.165) is 5.69 Å². The monoisotopic (exact) mass is 292 g/mol. The third-order valence-corrected chi connectivity index (χ3v) is 2.90. The Morgan fingerprint density at radius 3 is 2.29 bits per heavy atom. The molecule has 1 aromatic rings. The molecule has 0 spiro atoms. The third kappa shape index (κ3) is 5.41. The number of aromatic nitrogens is 1. The van der Waals surface area contributed by atoms with E-state index < -0.39 is 0 Å². The quantitative estimate of drug-likeness (QED) is 0.714. The van der Waals surface area contributed by atoms with Gasteiger partial charge in [-0.2, -0.15) is 0 Å². The summed E-state index contributed by atoms with van der Waals surface area (Å²) < 4.78 is 0. The first-order valence-corrected chi connectivity index (χ1v) is 6.97. The first-order valence-electron chi connectivity index (χ1n) is 6.97. The summed E-state index contributed by atoms with van der Waals surface area (Å²) in [5, 5.41) is 8.38. The van der Waals surface area contributed by atoms with Gasteiger partial charge in [0, 0.05) is 43.7 Å². The molecule has 0 saturated heterocycles. The van der Waals surface area contributed by atoms with E-state index in [1.807, 2.05) is 20.8 Å². The molecule has 0 aromatic carbocycles. The summed E-state index contributed by atoms with van der Waals surface area (Å²) in [4.78, 5) is 27.4. The fourth-order valence-corrected chi connectivity index (χ4v) is 1.69. The van der Waals surface area contributed by atoms with Gasteiger partial charge in [0.05, 0.1) is 0 Å². The van der Waals surface area contributed by atoms with Crippen molar-refractivity contribution in [3.05, 3.63) is 23.4 Å². The summed E-state index contributed by atoms with van der Waals surface area (Å²) in [6.45, 7) is 8.39. The van der Waals surface area contributed by atoms with Gasteiger partial charge in [-0.05, 0) is 12.1 Å². The molecule has 0 aliphatic heterocycles. The van der Waals surface area contributed by atoms with E-state index in [-0.39, 0.29) is 17.2 Å². The van der Waals surface area contributed by atoms with Crippen LogP contribution in [0, 0.1) is 0 Å². The second-order valence-corrected chi connectivity index (χ2v) is 5.87. The van der Waals surface area contributed by atoms with E-state index in [4.69, 9.17) is 0 Å². The molecule has 1 rings (SSSR count). The van der Waals surface area contributed by atoms with E-state index in [1.165, 1.54) is 6.92 Å². The molecule has 0 radical (unpaired) electrons. The third-order valence-electron chi connectivity index (χ3n) is 2.90. The number of anilines is 1. The van der Waals surface area contributed by atoms with Crippen molar-refractivity contribution in [1.82, 2.24) is 15.6 Å². The lowest BCUT2D eigenvalue weighted by Gasteiger charge is -2.19. The minimum atomic E-state index is -0.176. The maximum Gasteiger partial charge on any atom is 0.251 e. The minimum absolute atomic E-state index is 0.111. The molecule has 0 atom stereocenters. The molecule has 6 heteroatoms. The van der Waals surface area contributed by atoms with Crippen LogP contribution in [0.15, 0.2) is 12.1 Å². The maximum absolute atomic E-state index is 12.2. The number of amides is 2. The van der Waals surface area contributed by atoms with E-state index in [1.54, 1.807) is 19.2 Å². The summed E-state index contributed by atoms with van der Waals surface area (Å²) in [7, 11) is 1.77. The van der Waals surface area contributed by atoms with Crippen LogP contribution in [-0.4, -0.2) is 36.9 Å². The van der Waals surface area contributed by atoms with Crippen LogP contribution < -0.4 is 16.0 Å². The molecule has 2 amide bonds. The van der Waals surface area contributed by atoms with Gasteiger partial charge in [-0.25, -0.2) is 4.98 Å². The number of nitrogens with zero attached hydrogens (tertiary/aromatic N) is 1. The average molecular weight is 292 g/mol. The molecule has 3 N–H and O–H groups in total. The zero-order chi connectivity index (χ0) is 16.0. The van der Waals surface area contributed by atoms with Gasteiger partial charge in [-0.15, -0.1) is 0 Å². The lowest BCUT2D eigenvalue weighted by molar-refractivity contribution is -0.118. The van der Waals surface area contributed by atoms with Crippen molar-refractivity contribution in [3.8, 4) is 0 Å². The van der Waals surface area contributed by atoms with Crippen molar-refractivity contribution in [1.29, 1.82) is 0 Å². The smallest absolute Gasteiger partial charge is 0.251 e. The standard InChI is InChI=1S/C15H24N4O2/c1-10(20)17-6-7-18-14(21)11-8-12(15(2,3)4)19-13(9-11)16-5/h8-9H,6-7H2,1-5H3,(H,16,19)(H,17,20)(H,18,21). The predicted molar refractivity (Wildman–Crippen MR) is 83.5 cm³/mol. The number of hydrogen-bond donors (Lipinski definition) is 3. The molecule has 0 aliphatic rings. The Balaban J connectivity index is 2.81. The highest BCUT2D eigenvalue weighted by Gasteiger charge is 2.19. The van der Waals surface area contributed by atoms with Crippen molar-refractivity contribution in [2.75, 3.05) is 25.5 Å². The summed E-state index contributed by atoms with van der Waals surface area (Å²) in [6, 6.07) is 3.51. The number of nitrogens with one attached hydrogen (secondary N) is 3. The Morgan fingerprint density at radius 1 is 1.14 bits per heavy atom. The minimum Gasteiger partial charge on any atom is -0.373 e. The molecule has 1 aromatic heterocycles. The van der Waals surface area contributed by atoms with Gasteiger partial charge in [-0.3, -0.25) is 9.59 Å². The number of pyridine rings is 1. The Hall–Kier alpha value is -2.11.